The number of halogens is 1. The molecule has 2 aromatic carbocycles. The third kappa shape index (κ3) is 5.16. The van der Waals surface area contributed by atoms with Crippen molar-refractivity contribution in [2.75, 3.05) is 30.9 Å². The second-order valence-corrected chi connectivity index (χ2v) is 9.48. The summed E-state index contributed by atoms with van der Waals surface area (Å²) in [5.41, 5.74) is 0.989. The molecule has 1 N–H and O–H groups in total. The molecule has 0 aromatic heterocycles. The molecular formula is C21H25ClN2O6S. The summed E-state index contributed by atoms with van der Waals surface area (Å²) in [6, 6.07) is 8.56. The standard InChI is InChI=1S/C21H25ClN2O6S/c1-13(15-5-7-19-20(11-15)30-10-9-29-19)23-21(25)14(2)24(31(4,26)27)17-12-16(22)6-8-18(17)28-3/h5-8,11-14H,9-10H2,1-4H3,(H,23,25)/t13-,14+/m1/s1. The number of hydrogen-bond acceptors (Lipinski definition) is 6. The fourth-order valence-corrected chi connectivity index (χ4v) is 4.70. The molecule has 1 amide bonds. The molecule has 2 aromatic rings. The number of amides is 1. The van der Waals surface area contributed by atoms with Crippen LogP contribution in [0.1, 0.15) is 25.5 Å². The Hall–Kier alpha value is -2.65. The van der Waals surface area contributed by atoms with Gasteiger partial charge in [-0.05, 0) is 49.7 Å². The van der Waals surface area contributed by atoms with Gasteiger partial charge in [-0.1, -0.05) is 17.7 Å². The van der Waals surface area contributed by atoms with E-state index >= 15 is 0 Å². The Morgan fingerprint density at radius 2 is 1.81 bits per heavy atom. The number of benzene rings is 2. The fourth-order valence-electron chi connectivity index (χ4n) is 3.36. The number of fused-ring (bicyclic) bond motifs is 1. The second-order valence-electron chi connectivity index (χ2n) is 7.18. The number of hydrogen-bond donors (Lipinski definition) is 1. The molecule has 2 atom stereocenters. The highest BCUT2D eigenvalue weighted by atomic mass is 35.5. The van der Waals surface area contributed by atoms with E-state index in [-0.39, 0.29) is 11.4 Å². The third-order valence-corrected chi connectivity index (χ3v) is 6.35. The Kier molecular flexibility index (Phi) is 6.86. The molecule has 0 bridgehead atoms. The molecule has 0 spiro atoms. The molecular weight excluding hydrogens is 444 g/mol. The van der Waals surface area contributed by atoms with E-state index in [1.807, 2.05) is 6.07 Å². The lowest BCUT2D eigenvalue weighted by atomic mass is 10.1. The summed E-state index contributed by atoms with van der Waals surface area (Å²) in [5.74, 6) is 1.07. The largest absolute Gasteiger partial charge is 0.495 e. The van der Waals surface area contributed by atoms with Crippen molar-refractivity contribution in [2.24, 2.45) is 0 Å². The summed E-state index contributed by atoms with van der Waals surface area (Å²) in [7, 11) is -2.41. The lowest BCUT2D eigenvalue weighted by Gasteiger charge is -2.30. The highest BCUT2D eigenvalue weighted by Crippen LogP contribution is 2.35. The van der Waals surface area contributed by atoms with Crippen LogP contribution in [0.2, 0.25) is 5.02 Å². The smallest absolute Gasteiger partial charge is 0.244 e. The van der Waals surface area contributed by atoms with Crippen molar-refractivity contribution < 1.29 is 27.4 Å². The maximum Gasteiger partial charge on any atom is 0.244 e. The van der Waals surface area contributed by atoms with Crippen molar-refractivity contribution in [3.63, 3.8) is 0 Å². The molecule has 0 unspecified atom stereocenters. The minimum absolute atomic E-state index is 0.187. The minimum atomic E-state index is -3.83. The maximum absolute atomic E-state index is 13.0. The molecule has 168 valence electrons. The first-order chi connectivity index (χ1) is 14.6. The summed E-state index contributed by atoms with van der Waals surface area (Å²) >= 11 is 6.07. The average Bonchev–Trinajstić information content (AvgIpc) is 2.72. The lowest BCUT2D eigenvalue weighted by Crippen LogP contribution is -2.48. The summed E-state index contributed by atoms with van der Waals surface area (Å²) in [5, 5.41) is 3.18. The Morgan fingerprint density at radius 3 is 2.45 bits per heavy atom. The Labute approximate surface area is 187 Å². The van der Waals surface area contributed by atoms with E-state index in [2.05, 4.69) is 5.32 Å². The van der Waals surface area contributed by atoms with E-state index in [0.717, 1.165) is 16.1 Å². The topological polar surface area (TPSA) is 94.2 Å². The van der Waals surface area contributed by atoms with Gasteiger partial charge in [0.15, 0.2) is 11.5 Å². The van der Waals surface area contributed by atoms with Crippen LogP contribution in [0.3, 0.4) is 0 Å². The van der Waals surface area contributed by atoms with Crippen LogP contribution in [0.25, 0.3) is 0 Å². The SMILES string of the molecule is COc1ccc(Cl)cc1N([C@@H](C)C(=O)N[C@H](C)c1ccc2c(c1)OCCO2)S(C)(=O)=O. The number of carbonyl (C=O) groups excluding carboxylic acids is 1. The van der Waals surface area contributed by atoms with Gasteiger partial charge in [-0.15, -0.1) is 0 Å². The van der Waals surface area contributed by atoms with Crippen LogP contribution in [0.15, 0.2) is 36.4 Å². The summed E-state index contributed by atoms with van der Waals surface area (Å²) < 4.78 is 42.6. The fraction of sp³-hybridized carbons (Fsp3) is 0.381. The third-order valence-electron chi connectivity index (χ3n) is 4.89. The number of nitrogens with one attached hydrogen (secondary N) is 1. The van der Waals surface area contributed by atoms with Crippen LogP contribution in [-0.4, -0.2) is 46.9 Å². The number of ether oxygens (including phenoxy) is 3. The first-order valence-corrected chi connectivity index (χ1v) is 11.9. The van der Waals surface area contributed by atoms with Gasteiger partial charge in [-0.2, -0.15) is 0 Å². The van der Waals surface area contributed by atoms with Gasteiger partial charge >= 0.3 is 0 Å². The number of nitrogens with zero attached hydrogens (tertiary/aromatic N) is 1. The highest BCUT2D eigenvalue weighted by Gasteiger charge is 2.32. The zero-order valence-electron chi connectivity index (χ0n) is 17.7. The van der Waals surface area contributed by atoms with Gasteiger partial charge in [0.2, 0.25) is 15.9 Å². The molecule has 1 aliphatic rings. The Morgan fingerprint density at radius 1 is 1.13 bits per heavy atom. The number of sulfonamides is 1. The van der Waals surface area contributed by atoms with Crippen molar-refractivity contribution in [3.05, 3.63) is 47.0 Å². The van der Waals surface area contributed by atoms with Crippen LogP contribution < -0.4 is 23.8 Å². The average molecular weight is 469 g/mol. The molecule has 0 radical (unpaired) electrons. The lowest BCUT2D eigenvalue weighted by molar-refractivity contribution is -0.122. The highest BCUT2D eigenvalue weighted by molar-refractivity contribution is 7.92. The molecule has 0 fully saturated rings. The summed E-state index contributed by atoms with van der Waals surface area (Å²) in [6.45, 7) is 4.26. The predicted octanol–water partition coefficient (Wildman–Crippen LogP) is 3.15. The quantitative estimate of drug-likeness (QED) is 0.670. The minimum Gasteiger partial charge on any atom is -0.495 e. The van der Waals surface area contributed by atoms with E-state index in [9.17, 15) is 13.2 Å². The van der Waals surface area contributed by atoms with Crippen molar-refractivity contribution in [2.45, 2.75) is 25.9 Å². The number of carbonyl (C=O) groups is 1. The van der Waals surface area contributed by atoms with E-state index in [1.54, 1.807) is 31.2 Å². The second kappa shape index (κ2) is 9.23. The molecule has 1 aliphatic heterocycles. The first kappa shape index (κ1) is 23.0. The maximum atomic E-state index is 13.0. The molecule has 0 saturated carbocycles. The van der Waals surface area contributed by atoms with Gasteiger partial charge in [-0.25, -0.2) is 8.42 Å². The van der Waals surface area contributed by atoms with Crippen LogP contribution >= 0.6 is 11.6 Å². The van der Waals surface area contributed by atoms with Crippen LogP contribution in [0.5, 0.6) is 17.2 Å². The molecule has 0 saturated heterocycles. The van der Waals surface area contributed by atoms with Gasteiger partial charge in [0, 0.05) is 5.02 Å². The first-order valence-electron chi connectivity index (χ1n) is 9.64. The Balaban J connectivity index is 1.85. The number of rotatable bonds is 7. The summed E-state index contributed by atoms with van der Waals surface area (Å²) in [4.78, 5) is 13.0. The van der Waals surface area contributed by atoms with E-state index in [0.29, 0.717) is 29.7 Å². The predicted molar refractivity (Wildman–Crippen MR) is 119 cm³/mol. The molecule has 8 nitrogen and oxygen atoms in total. The van der Waals surface area contributed by atoms with Gasteiger partial charge < -0.3 is 19.5 Å². The van der Waals surface area contributed by atoms with Crippen LogP contribution in [-0.2, 0) is 14.8 Å². The van der Waals surface area contributed by atoms with E-state index < -0.39 is 28.0 Å². The van der Waals surface area contributed by atoms with Crippen molar-refractivity contribution in [1.29, 1.82) is 0 Å². The van der Waals surface area contributed by atoms with Gasteiger partial charge in [0.1, 0.15) is 25.0 Å². The van der Waals surface area contributed by atoms with E-state index in [4.69, 9.17) is 25.8 Å². The molecule has 3 rings (SSSR count). The summed E-state index contributed by atoms with van der Waals surface area (Å²) in [6.07, 6.45) is 1.03. The zero-order valence-corrected chi connectivity index (χ0v) is 19.3. The van der Waals surface area contributed by atoms with Crippen molar-refractivity contribution in [3.8, 4) is 17.2 Å². The zero-order chi connectivity index (χ0) is 22.8. The van der Waals surface area contributed by atoms with Gasteiger partial charge in [0.05, 0.1) is 25.1 Å². The Bertz CT molecular complexity index is 1080. The number of anilines is 1. The molecule has 1 heterocycles. The van der Waals surface area contributed by atoms with Crippen LogP contribution in [0.4, 0.5) is 5.69 Å². The normalized spacial score (nSPS) is 15.0. The van der Waals surface area contributed by atoms with Gasteiger partial charge in [0.25, 0.3) is 0 Å². The molecule has 10 heteroatoms. The monoisotopic (exact) mass is 468 g/mol. The van der Waals surface area contributed by atoms with Crippen molar-refractivity contribution >= 4 is 33.2 Å². The van der Waals surface area contributed by atoms with Gasteiger partial charge in [-0.3, -0.25) is 9.10 Å². The van der Waals surface area contributed by atoms with Crippen LogP contribution in [0, 0.1) is 0 Å². The van der Waals surface area contributed by atoms with Crippen molar-refractivity contribution in [1.82, 2.24) is 5.32 Å². The number of methoxy groups -OCH3 is 1. The molecule has 0 aliphatic carbocycles. The molecule has 31 heavy (non-hydrogen) atoms. The van der Waals surface area contributed by atoms with E-state index in [1.165, 1.54) is 20.1 Å².